The third kappa shape index (κ3) is 2.93. The van der Waals surface area contributed by atoms with Crippen LogP contribution in [0.4, 0.5) is 5.69 Å². The predicted octanol–water partition coefficient (Wildman–Crippen LogP) is 3.51. The second kappa shape index (κ2) is 6.81. The smallest absolute Gasteiger partial charge is 0.255 e. The molecular weight excluding hydrogens is 326 g/mol. The van der Waals surface area contributed by atoms with Crippen molar-refractivity contribution in [2.24, 2.45) is 0 Å². The van der Waals surface area contributed by atoms with E-state index in [1.54, 1.807) is 18.2 Å². The molecule has 2 aliphatic heterocycles. The Morgan fingerprint density at radius 1 is 1.27 bits per heavy atom. The van der Waals surface area contributed by atoms with Gasteiger partial charge in [0.15, 0.2) is 0 Å². The van der Waals surface area contributed by atoms with Crippen molar-refractivity contribution in [3.8, 4) is 11.8 Å². The molecule has 0 aliphatic carbocycles. The van der Waals surface area contributed by atoms with Gasteiger partial charge in [0.25, 0.3) is 5.91 Å². The van der Waals surface area contributed by atoms with E-state index >= 15 is 0 Å². The number of methoxy groups -OCH3 is 1. The van der Waals surface area contributed by atoms with Gasteiger partial charge in [-0.2, -0.15) is 5.26 Å². The molecule has 2 aliphatic rings. The molecule has 0 saturated carbocycles. The van der Waals surface area contributed by atoms with Gasteiger partial charge < -0.3 is 10.1 Å². The third-order valence-electron chi connectivity index (χ3n) is 5.38. The lowest BCUT2D eigenvalue weighted by molar-refractivity contribution is 0.102. The fourth-order valence-electron chi connectivity index (χ4n) is 4.06. The van der Waals surface area contributed by atoms with E-state index in [9.17, 15) is 10.1 Å². The van der Waals surface area contributed by atoms with E-state index in [2.05, 4.69) is 28.4 Å². The third-order valence-corrected chi connectivity index (χ3v) is 5.38. The molecule has 4 rings (SSSR count). The standard InChI is InChI=1S/C21H21N3O2/c1-26-20-7-5-15(11-16(20)13-22)21(25)23-17-6-4-14-8-10-24-9-2-3-19(24)18(14)12-17/h4-7,11-12,19H,2-3,8-10H2,1H3,(H,23,25). The zero-order chi connectivity index (χ0) is 18.1. The number of hydrogen-bond donors (Lipinski definition) is 1. The molecule has 0 bridgehead atoms. The lowest BCUT2D eigenvalue weighted by Gasteiger charge is -2.32. The molecule has 0 radical (unpaired) electrons. The van der Waals surface area contributed by atoms with Crippen molar-refractivity contribution in [2.75, 3.05) is 25.5 Å². The second-order valence-corrected chi connectivity index (χ2v) is 6.84. The zero-order valence-electron chi connectivity index (χ0n) is 14.8. The summed E-state index contributed by atoms with van der Waals surface area (Å²) in [5, 5.41) is 12.2. The highest BCUT2D eigenvalue weighted by molar-refractivity contribution is 6.04. The monoisotopic (exact) mass is 347 g/mol. The summed E-state index contributed by atoms with van der Waals surface area (Å²) in [6.07, 6.45) is 3.50. The average molecular weight is 347 g/mol. The lowest BCUT2D eigenvalue weighted by atomic mass is 9.92. The summed E-state index contributed by atoms with van der Waals surface area (Å²) in [5.41, 5.74) is 4.34. The van der Waals surface area contributed by atoms with E-state index in [4.69, 9.17) is 4.74 Å². The summed E-state index contributed by atoms with van der Waals surface area (Å²) in [6, 6.07) is 13.6. The van der Waals surface area contributed by atoms with Crippen LogP contribution in [0.1, 0.15) is 45.9 Å². The molecule has 5 heteroatoms. The van der Waals surface area contributed by atoms with Crippen LogP contribution in [0.3, 0.4) is 0 Å². The van der Waals surface area contributed by atoms with Crippen molar-refractivity contribution >= 4 is 11.6 Å². The molecule has 1 unspecified atom stereocenters. The molecule has 2 aromatic rings. The van der Waals surface area contributed by atoms with Gasteiger partial charge in [-0.25, -0.2) is 0 Å². The molecule has 1 fully saturated rings. The quantitative estimate of drug-likeness (QED) is 0.923. The number of amides is 1. The van der Waals surface area contributed by atoms with Gasteiger partial charge in [-0.3, -0.25) is 9.69 Å². The first-order valence-electron chi connectivity index (χ1n) is 8.96. The lowest BCUT2D eigenvalue weighted by Crippen LogP contribution is -2.31. The highest BCUT2D eigenvalue weighted by Gasteiger charge is 2.31. The summed E-state index contributed by atoms with van der Waals surface area (Å²) in [4.78, 5) is 15.1. The average Bonchev–Trinajstić information content (AvgIpc) is 3.16. The Labute approximate surface area is 153 Å². The second-order valence-electron chi connectivity index (χ2n) is 6.84. The van der Waals surface area contributed by atoms with Crippen LogP contribution < -0.4 is 10.1 Å². The Morgan fingerprint density at radius 2 is 2.15 bits per heavy atom. The normalized spacial score (nSPS) is 18.5. The largest absolute Gasteiger partial charge is 0.495 e. The van der Waals surface area contributed by atoms with Gasteiger partial charge in [0.2, 0.25) is 0 Å². The molecule has 5 nitrogen and oxygen atoms in total. The van der Waals surface area contributed by atoms with Gasteiger partial charge in [0.1, 0.15) is 11.8 Å². The number of nitrogens with one attached hydrogen (secondary N) is 1. The molecule has 0 spiro atoms. The molecule has 2 heterocycles. The highest BCUT2D eigenvalue weighted by atomic mass is 16.5. The Bertz CT molecular complexity index is 901. The van der Waals surface area contributed by atoms with Crippen molar-refractivity contribution in [3.63, 3.8) is 0 Å². The van der Waals surface area contributed by atoms with E-state index in [0.717, 1.165) is 18.7 Å². The van der Waals surface area contributed by atoms with Gasteiger partial charge in [-0.05, 0) is 67.3 Å². The van der Waals surface area contributed by atoms with Crippen LogP contribution >= 0.6 is 0 Å². The molecule has 1 saturated heterocycles. The van der Waals surface area contributed by atoms with Crippen LogP contribution in [0.5, 0.6) is 5.75 Å². The van der Waals surface area contributed by atoms with E-state index < -0.39 is 0 Å². The number of nitriles is 1. The number of nitrogens with zero attached hydrogens (tertiary/aromatic N) is 2. The highest BCUT2D eigenvalue weighted by Crippen LogP contribution is 2.38. The summed E-state index contributed by atoms with van der Waals surface area (Å²) in [6.45, 7) is 2.30. The number of hydrogen-bond acceptors (Lipinski definition) is 4. The van der Waals surface area contributed by atoms with Crippen LogP contribution in [0.2, 0.25) is 0 Å². The summed E-state index contributed by atoms with van der Waals surface area (Å²) < 4.78 is 5.13. The van der Waals surface area contributed by atoms with E-state index in [1.165, 1.54) is 37.6 Å². The first-order valence-corrected chi connectivity index (χ1v) is 8.96. The number of carbonyl (C=O) groups is 1. The van der Waals surface area contributed by atoms with Gasteiger partial charge in [0.05, 0.1) is 12.7 Å². The number of fused-ring (bicyclic) bond motifs is 3. The first-order chi connectivity index (χ1) is 12.7. The molecule has 1 N–H and O–H groups in total. The van der Waals surface area contributed by atoms with E-state index in [1.807, 2.05) is 6.07 Å². The summed E-state index contributed by atoms with van der Waals surface area (Å²) >= 11 is 0. The van der Waals surface area contributed by atoms with Crippen molar-refractivity contribution in [3.05, 3.63) is 58.7 Å². The minimum Gasteiger partial charge on any atom is -0.495 e. The molecule has 2 aromatic carbocycles. The van der Waals surface area contributed by atoms with Crippen LogP contribution in [-0.4, -0.2) is 31.0 Å². The van der Waals surface area contributed by atoms with Gasteiger partial charge >= 0.3 is 0 Å². The first kappa shape index (κ1) is 16.6. The zero-order valence-corrected chi connectivity index (χ0v) is 14.8. The molecule has 132 valence electrons. The molecule has 1 atom stereocenters. The Balaban J connectivity index is 1.57. The minimum atomic E-state index is -0.219. The van der Waals surface area contributed by atoms with Crippen molar-refractivity contribution in [1.82, 2.24) is 4.90 Å². The Kier molecular flexibility index (Phi) is 4.36. The van der Waals surface area contributed by atoms with Crippen LogP contribution in [0, 0.1) is 11.3 Å². The fraction of sp³-hybridized carbons (Fsp3) is 0.333. The molecule has 0 aromatic heterocycles. The van der Waals surface area contributed by atoms with Gasteiger partial charge in [-0.15, -0.1) is 0 Å². The molecule has 26 heavy (non-hydrogen) atoms. The van der Waals surface area contributed by atoms with Crippen LogP contribution in [-0.2, 0) is 6.42 Å². The summed E-state index contributed by atoms with van der Waals surface area (Å²) in [5.74, 6) is 0.252. The fourth-order valence-corrected chi connectivity index (χ4v) is 4.06. The molecule has 1 amide bonds. The molecular formula is C21H21N3O2. The summed E-state index contributed by atoms with van der Waals surface area (Å²) in [7, 11) is 1.51. The Hall–Kier alpha value is -2.84. The van der Waals surface area contributed by atoms with Gasteiger partial charge in [-0.1, -0.05) is 6.07 Å². The number of benzene rings is 2. The number of ether oxygens (including phenoxy) is 1. The van der Waals surface area contributed by atoms with E-state index in [-0.39, 0.29) is 5.91 Å². The number of carbonyl (C=O) groups excluding carboxylic acids is 1. The SMILES string of the molecule is COc1ccc(C(=O)Nc2ccc3c(c2)C2CCCN2CC3)cc1C#N. The van der Waals surface area contributed by atoms with Crippen LogP contribution in [0.25, 0.3) is 0 Å². The van der Waals surface area contributed by atoms with Crippen LogP contribution in [0.15, 0.2) is 36.4 Å². The minimum absolute atomic E-state index is 0.219. The van der Waals surface area contributed by atoms with Gasteiger partial charge in [0, 0.05) is 23.8 Å². The van der Waals surface area contributed by atoms with E-state index in [0.29, 0.717) is 22.9 Å². The maximum Gasteiger partial charge on any atom is 0.255 e. The predicted molar refractivity (Wildman–Crippen MR) is 99.4 cm³/mol. The topological polar surface area (TPSA) is 65.4 Å². The maximum absolute atomic E-state index is 12.6. The van der Waals surface area contributed by atoms with Crippen molar-refractivity contribution in [1.29, 1.82) is 5.26 Å². The Morgan fingerprint density at radius 3 is 2.96 bits per heavy atom. The van der Waals surface area contributed by atoms with Crippen molar-refractivity contribution < 1.29 is 9.53 Å². The number of anilines is 1. The maximum atomic E-state index is 12.6. The number of rotatable bonds is 3. The van der Waals surface area contributed by atoms with Crippen molar-refractivity contribution in [2.45, 2.75) is 25.3 Å².